The lowest BCUT2D eigenvalue weighted by molar-refractivity contribution is 0.102. The number of halogens is 1. The topological polar surface area (TPSA) is 77.1 Å². The molecule has 0 radical (unpaired) electrons. The number of rotatable bonds is 3. The number of amides is 1. The molecule has 27 heavy (non-hydrogen) atoms. The summed E-state index contributed by atoms with van der Waals surface area (Å²) in [5.74, 6) is -0.733. The maximum Gasteiger partial charge on any atom is 0.276 e. The van der Waals surface area contributed by atoms with Gasteiger partial charge in [0.1, 0.15) is 5.82 Å². The highest BCUT2D eigenvalue weighted by atomic mass is 19.1. The van der Waals surface area contributed by atoms with Crippen LogP contribution in [-0.2, 0) is 7.05 Å². The second kappa shape index (κ2) is 6.31. The number of hydrogen-bond donors (Lipinski definition) is 1. The molecule has 0 aliphatic rings. The summed E-state index contributed by atoms with van der Waals surface area (Å²) >= 11 is 0. The van der Waals surface area contributed by atoms with Crippen molar-refractivity contribution in [3.63, 3.8) is 0 Å². The van der Waals surface area contributed by atoms with E-state index in [9.17, 15) is 9.18 Å². The molecule has 8 heteroatoms. The fourth-order valence-electron chi connectivity index (χ4n) is 2.91. The summed E-state index contributed by atoms with van der Waals surface area (Å²) in [6.07, 6.45) is 3.43. The highest BCUT2D eigenvalue weighted by Crippen LogP contribution is 2.23. The molecule has 136 valence electrons. The van der Waals surface area contributed by atoms with Crippen LogP contribution in [0.25, 0.3) is 16.9 Å². The molecule has 0 fully saturated rings. The highest BCUT2D eigenvalue weighted by molar-refractivity contribution is 6.04. The largest absolute Gasteiger partial charge is 0.320 e. The Labute approximate surface area is 154 Å². The molecule has 0 bridgehead atoms. The minimum absolute atomic E-state index is 0.222. The molecule has 1 aromatic carbocycles. The lowest BCUT2D eigenvalue weighted by Crippen LogP contribution is -2.13. The minimum Gasteiger partial charge on any atom is -0.320 e. The number of hydrogen-bond acceptors (Lipinski definition) is 4. The zero-order valence-electron chi connectivity index (χ0n) is 15.1. The molecule has 0 atom stereocenters. The van der Waals surface area contributed by atoms with Crippen molar-refractivity contribution in [2.45, 2.75) is 13.8 Å². The Morgan fingerprint density at radius 1 is 1.19 bits per heavy atom. The number of carbonyl (C=O) groups is 1. The third-order valence-electron chi connectivity index (χ3n) is 4.54. The van der Waals surface area contributed by atoms with Crippen LogP contribution in [0.4, 0.5) is 10.1 Å². The van der Waals surface area contributed by atoms with Crippen LogP contribution in [0.15, 0.2) is 42.7 Å². The fourth-order valence-corrected chi connectivity index (χ4v) is 2.91. The minimum atomic E-state index is -0.385. The zero-order valence-corrected chi connectivity index (χ0v) is 15.1. The Hall–Kier alpha value is -3.55. The first-order valence-corrected chi connectivity index (χ1v) is 8.35. The number of carbonyl (C=O) groups excluding carboxylic acids is 1. The number of benzene rings is 1. The van der Waals surface area contributed by atoms with Gasteiger partial charge in [0, 0.05) is 36.3 Å². The van der Waals surface area contributed by atoms with Crippen LogP contribution in [-0.4, -0.2) is 30.3 Å². The fraction of sp³-hybridized carbons (Fsp3) is 0.158. The summed E-state index contributed by atoms with van der Waals surface area (Å²) in [6.45, 7) is 3.69. The number of aromatic nitrogens is 5. The molecule has 0 saturated carbocycles. The normalized spacial score (nSPS) is 11.1. The van der Waals surface area contributed by atoms with Crippen molar-refractivity contribution in [1.82, 2.24) is 24.4 Å². The molecular weight excluding hydrogens is 347 g/mol. The van der Waals surface area contributed by atoms with E-state index in [1.165, 1.54) is 18.2 Å². The molecule has 0 saturated heterocycles. The molecule has 4 aromatic rings. The Kier molecular flexibility index (Phi) is 3.95. The molecule has 4 rings (SSSR count). The van der Waals surface area contributed by atoms with Gasteiger partial charge >= 0.3 is 0 Å². The molecule has 0 spiro atoms. The molecule has 7 nitrogen and oxygen atoms in total. The predicted molar refractivity (Wildman–Crippen MR) is 99.0 cm³/mol. The van der Waals surface area contributed by atoms with Gasteiger partial charge < -0.3 is 5.32 Å². The van der Waals surface area contributed by atoms with Gasteiger partial charge in [-0.2, -0.15) is 10.2 Å². The molecule has 3 aromatic heterocycles. The average molecular weight is 364 g/mol. The van der Waals surface area contributed by atoms with Gasteiger partial charge in [-0.1, -0.05) is 0 Å². The average Bonchev–Trinajstić information content (AvgIpc) is 3.21. The number of fused-ring (bicyclic) bond motifs is 1. The predicted octanol–water partition coefficient (Wildman–Crippen LogP) is 3.14. The van der Waals surface area contributed by atoms with Crippen LogP contribution in [0.5, 0.6) is 0 Å². The van der Waals surface area contributed by atoms with Crippen LogP contribution in [0.1, 0.15) is 21.7 Å². The number of aryl methyl sites for hydroxylation is 2. The summed E-state index contributed by atoms with van der Waals surface area (Å²) in [5, 5.41) is 11.4. The number of nitrogens with zero attached hydrogens (tertiary/aromatic N) is 5. The third-order valence-corrected chi connectivity index (χ3v) is 4.54. The van der Waals surface area contributed by atoms with E-state index >= 15 is 0 Å². The van der Waals surface area contributed by atoms with Crippen molar-refractivity contribution in [2.75, 3.05) is 5.32 Å². The smallest absolute Gasteiger partial charge is 0.276 e. The summed E-state index contributed by atoms with van der Waals surface area (Å²) in [6, 6.07) is 7.64. The van der Waals surface area contributed by atoms with Crippen molar-refractivity contribution in [2.24, 2.45) is 7.05 Å². The van der Waals surface area contributed by atoms with Crippen molar-refractivity contribution in [3.8, 4) is 11.3 Å². The second-order valence-corrected chi connectivity index (χ2v) is 6.31. The molecule has 1 amide bonds. The Morgan fingerprint density at radius 3 is 2.70 bits per heavy atom. The summed E-state index contributed by atoms with van der Waals surface area (Å²) in [5.41, 5.74) is 4.63. The maximum atomic E-state index is 13.2. The van der Waals surface area contributed by atoms with E-state index in [0.717, 1.165) is 17.0 Å². The van der Waals surface area contributed by atoms with E-state index < -0.39 is 0 Å². The SMILES string of the molecule is Cc1cc(F)ccc1NC(=O)c1cc2nccc(-c3cnn(C)c3C)n2n1. The Morgan fingerprint density at radius 2 is 2.00 bits per heavy atom. The molecule has 0 unspecified atom stereocenters. The van der Waals surface area contributed by atoms with E-state index in [0.29, 0.717) is 16.9 Å². The zero-order chi connectivity index (χ0) is 19.1. The standard InChI is InChI=1S/C19H17FN6O/c1-11-8-13(20)4-5-15(11)23-19(27)16-9-18-21-7-6-17(26(18)24-16)14-10-22-25(3)12(14)2/h4-10H,1-3H3,(H,23,27). The van der Waals surface area contributed by atoms with E-state index in [1.807, 2.05) is 20.0 Å². The third kappa shape index (κ3) is 2.95. The van der Waals surface area contributed by atoms with Gasteiger partial charge in [-0.25, -0.2) is 13.9 Å². The molecule has 0 aliphatic heterocycles. The van der Waals surface area contributed by atoms with Crippen molar-refractivity contribution < 1.29 is 9.18 Å². The van der Waals surface area contributed by atoms with Crippen molar-refractivity contribution >= 4 is 17.2 Å². The molecule has 1 N–H and O–H groups in total. The first-order chi connectivity index (χ1) is 12.9. The molecule has 3 heterocycles. The Balaban J connectivity index is 1.72. The number of nitrogens with one attached hydrogen (secondary N) is 1. The lowest BCUT2D eigenvalue weighted by atomic mass is 10.2. The van der Waals surface area contributed by atoms with Gasteiger partial charge in [0.05, 0.1) is 11.9 Å². The van der Waals surface area contributed by atoms with Crippen LogP contribution in [0.3, 0.4) is 0 Å². The van der Waals surface area contributed by atoms with Gasteiger partial charge in [-0.15, -0.1) is 0 Å². The number of anilines is 1. The van der Waals surface area contributed by atoms with E-state index in [-0.39, 0.29) is 17.4 Å². The van der Waals surface area contributed by atoms with Crippen LogP contribution < -0.4 is 5.32 Å². The first kappa shape index (κ1) is 16.9. The monoisotopic (exact) mass is 364 g/mol. The first-order valence-electron chi connectivity index (χ1n) is 8.35. The Bertz CT molecular complexity index is 1180. The van der Waals surface area contributed by atoms with Crippen molar-refractivity contribution in [1.29, 1.82) is 0 Å². The van der Waals surface area contributed by atoms with Crippen LogP contribution >= 0.6 is 0 Å². The summed E-state index contributed by atoms with van der Waals surface area (Å²) < 4.78 is 16.6. The van der Waals surface area contributed by atoms with Gasteiger partial charge in [0.15, 0.2) is 11.3 Å². The lowest BCUT2D eigenvalue weighted by Gasteiger charge is -2.06. The second-order valence-electron chi connectivity index (χ2n) is 6.31. The maximum absolute atomic E-state index is 13.2. The summed E-state index contributed by atoms with van der Waals surface area (Å²) in [4.78, 5) is 16.9. The summed E-state index contributed by atoms with van der Waals surface area (Å²) in [7, 11) is 1.87. The van der Waals surface area contributed by atoms with Crippen LogP contribution in [0, 0.1) is 19.7 Å². The van der Waals surface area contributed by atoms with Crippen molar-refractivity contribution in [3.05, 3.63) is 65.5 Å². The van der Waals surface area contributed by atoms with Gasteiger partial charge in [0.2, 0.25) is 0 Å². The molecular formula is C19H17FN6O. The van der Waals surface area contributed by atoms with Gasteiger partial charge in [-0.3, -0.25) is 9.48 Å². The van der Waals surface area contributed by atoms with E-state index in [4.69, 9.17) is 0 Å². The highest BCUT2D eigenvalue weighted by Gasteiger charge is 2.17. The van der Waals surface area contributed by atoms with E-state index in [2.05, 4.69) is 20.5 Å². The van der Waals surface area contributed by atoms with Crippen LogP contribution in [0.2, 0.25) is 0 Å². The van der Waals surface area contributed by atoms with E-state index in [1.54, 1.807) is 34.6 Å². The van der Waals surface area contributed by atoms with Gasteiger partial charge in [0.25, 0.3) is 5.91 Å². The quantitative estimate of drug-likeness (QED) is 0.606. The van der Waals surface area contributed by atoms with Gasteiger partial charge in [-0.05, 0) is 43.7 Å². The molecule has 0 aliphatic carbocycles.